The zero-order valence-corrected chi connectivity index (χ0v) is 24.3. The van der Waals surface area contributed by atoms with E-state index in [0.29, 0.717) is 0 Å². The van der Waals surface area contributed by atoms with Gasteiger partial charge in [-0.2, -0.15) is 0 Å². The first-order valence-electron chi connectivity index (χ1n) is 14.6. The lowest BCUT2D eigenvalue weighted by molar-refractivity contribution is 0.262. The average molecular weight is 538 g/mol. The third-order valence-electron chi connectivity index (χ3n) is 6.80. The van der Waals surface area contributed by atoms with Crippen LogP contribution in [0, 0.1) is 0 Å². The summed E-state index contributed by atoms with van der Waals surface area (Å²) in [5.74, 6) is 1.84. The maximum atomic E-state index is 12.4. The summed E-state index contributed by atoms with van der Waals surface area (Å²) in [4.78, 5) is 16.0. The van der Waals surface area contributed by atoms with Crippen LogP contribution in [0.2, 0.25) is 0 Å². The number of nitrogens with zero attached hydrogens (tertiary/aromatic N) is 1. The smallest absolute Gasteiger partial charge is 0.323 e. The minimum atomic E-state index is -0.252. The summed E-state index contributed by atoms with van der Waals surface area (Å²) in [7, 11) is 0. The quantitative estimate of drug-likeness (QED) is 0.186. The molecule has 0 spiro atoms. The van der Waals surface area contributed by atoms with Gasteiger partial charge in [0, 0.05) is 24.1 Å². The van der Waals surface area contributed by atoms with Gasteiger partial charge in [-0.05, 0) is 60.2 Å². The molecule has 1 aliphatic rings. The molecule has 0 radical (unpaired) electrons. The highest BCUT2D eigenvalue weighted by atomic mass is 32.2. The molecular weight excluding hydrogens is 490 g/mol. The van der Waals surface area contributed by atoms with E-state index in [1.807, 2.05) is 48.2 Å². The van der Waals surface area contributed by atoms with Crippen molar-refractivity contribution in [2.24, 2.45) is 0 Å². The van der Waals surface area contributed by atoms with Gasteiger partial charge in [-0.25, -0.2) is 4.79 Å². The highest BCUT2D eigenvalue weighted by molar-refractivity contribution is 8.03. The van der Waals surface area contributed by atoms with E-state index in [1.54, 1.807) is 0 Å². The highest BCUT2D eigenvalue weighted by Gasteiger charge is 2.10. The molecule has 0 bridgehead atoms. The fourth-order valence-electron chi connectivity index (χ4n) is 4.60. The zero-order chi connectivity index (χ0) is 26.8. The number of ether oxygens (including phenoxy) is 1. The fraction of sp³-hybridized carbons (Fsp3) is 0.531. The second-order valence-corrected chi connectivity index (χ2v) is 11.5. The van der Waals surface area contributed by atoms with Crippen molar-refractivity contribution in [3.8, 4) is 5.75 Å². The third kappa shape index (κ3) is 12.3. The van der Waals surface area contributed by atoms with Crippen molar-refractivity contribution in [1.29, 1.82) is 0 Å². The number of rotatable bonds is 18. The van der Waals surface area contributed by atoms with Gasteiger partial charge >= 0.3 is 6.03 Å². The summed E-state index contributed by atoms with van der Waals surface area (Å²) in [6.45, 7) is 6.03. The van der Waals surface area contributed by atoms with E-state index in [9.17, 15) is 4.79 Å². The van der Waals surface area contributed by atoms with E-state index in [1.165, 1.54) is 81.1 Å². The van der Waals surface area contributed by atoms with Crippen LogP contribution in [0.5, 0.6) is 5.75 Å². The molecule has 0 saturated heterocycles. The Labute approximate surface area is 234 Å². The van der Waals surface area contributed by atoms with Gasteiger partial charge in [0.05, 0.1) is 12.5 Å². The van der Waals surface area contributed by atoms with Gasteiger partial charge in [-0.1, -0.05) is 89.7 Å². The van der Waals surface area contributed by atoms with Crippen molar-refractivity contribution in [3.05, 3.63) is 65.2 Å². The van der Waals surface area contributed by atoms with Crippen molar-refractivity contribution in [2.75, 3.05) is 23.1 Å². The number of carbonyl (C=O) groups is 1. The van der Waals surface area contributed by atoms with Crippen LogP contribution in [-0.2, 0) is 6.54 Å². The molecule has 0 unspecified atom stereocenters. The Bertz CT molecular complexity index is 960. The lowest BCUT2D eigenvalue weighted by Crippen LogP contribution is -2.19. The fourth-order valence-corrected chi connectivity index (χ4v) is 5.36. The summed E-state index contributed by atoms with van der Waals surface area (Å²) in [6, 6.07) is 15.3. The Morgan fingerprint density at radius 3 is 1.84 bits per heavy atom. The van der Waals surface area contributed by atoms with E-state index in [2.05, 4.69) is 47.7 Å². The molecule has 6 heteroatoms. The number of hydrogen-bond acceptors (Lipinski definition) is 4. The van der Waals surface area contributed by atoms with E-state index in [4.69, 9.17) is 4.74 Å². The summed E-state index contributed by atoms with van der Waals surface area (Å²) in [6.07, 6.45) is 18.3. The number of nitrogens with one attached hydrogen (secondary N) is 2. The van der Waals surface area contributed by atoms with Crippen LogP contribution in [0.4, 0.5) is 16.2 Å². The highest BCUT2D eigenvalue weighted by Crippen LogP contribution is 2.26. The molecule has 0 fully saturated rings. The molecule has 3 rings (SSSR count). The maximum absolute atomic E-state index is 12.4. The molecule has 2 amide bonds. The number of unbranched alkanes of at least 4 members (excludes halogenated alkanes) is 11. The molecule has 5 nitrogen and oxygen atoms in total. The summed E-state index contributed by atoms with van der Waals surface area (Å²) in [5.41, 5.74) is 2.74. The lowest BCUT2D eigenvalue weighted by atomic mass is 10.1. The van der Waals surface area contributed by atoms with E-state index < -0.39 is 0 Å². The Morgan fingerprint density at radius 1 is 0.789 bits per heavy atom. The molecule has 0 saturated carbocycles. The first-order chi connectivity index (χ1) is 18.6. The van der Waals surface area contributed by atoms with E-state index in [0.717, 1.165) is 42.6 Å². The third-order valence-corrected chi connectivity index (χ3v) is 7.82. The van der Waals surface area contributed by atoms with Gasteiger partial charge in [0.15, 0.2) is 0 Å². The van der Waals surface area contributed by atoms with E-state index in [-0.39, 0.29) is 6.03 Å². The van der Waals surface area contributed by atoms with Gasteiger partial charge < -0.3 is 20.3 Å². The average Bonchev–Trinajstić information content (AvgIpc) is 3.33. The summed E-state index contributed by atoms with van der Waals surface area (Å²) >= 11 is 1.86. The standard InChI is InChI=1S/C32H47N3O2S/c1-3-4-5-6-7-8-9-10-11-12-13-14-23-37-31-21-19-30(20-22-31)34-32(36)33-29-17-15-28(16-18-29)25-35-24-27(2)38-26-35/h15-22,24H,3-14,23,25-26H2,1-2H3,(H2,33,34,36). The first kappa shape index (κ1) is 29.9. The van der Waals surface area contributed by atoms with Crippen molar-refractivity contribution in [1.82, 2.24) is 4.90 Å². The van der Waals surface area contributed by atoms with Crippen molar-refractivity contribution >= 4 is 29.2 Å². The second kappa shape index (κ2) is 17.8. The number of allylic oxidation sites excluding steroid dienone is 1. The van der Waals surface area contributed by atoms with Crippen LogP contribution in [-0.4, -0.2) is 23.4 Å². The number of benzene rings is 2. The second-order valence-electron chi connectivity index (χ2n) is 10.3. The molecule has 38 heavy (non-hydrogen) atoms. The molecule has 2 N–H and O–H groups in total. The number of urea groups is 1. The Balaban J connectivity index is 1.22. The van der Waals surface area contributed by atoms with Crippen molar-refractivity contribution in [2.45, 2.75) is 97.4 Å². The molecule has 2 aromatic carbocycles. The van der Waals surface area contributed by atoms with Crippen LogP contribution in [0.1, 0.15) is 96.5 Å². The van der Waals surface area contributed by atoms with E-state index >= 15 is 0 Å². The molecular formula is C32H47N3O2S. The molecule has 0 aliphatic carbocycles. The van der Waals surface area contributed by atoms with Crippen LogP contribution >= 0.6 is 11.8 Å². The Kier molecular flexibility index (Phi) is 14.0. The molecule has 1 heterocycles. The molecule has 0 atom stereocenters. The van der Waals surface area contributed by atoms with Crippen LogP contribution < -0.4 is 15.4 Å². The SMILES string of the molecule is CCCCCCCCCCCCCCOc1ccc(NC(=O)Nc2ccc(CN3C=C(C)SC3)cc2)cc1. The van der Waals surface area contributed by atoms with Crippen LogP contribution in [0.25, 0.3) is 0 Å². The van der Waals surface area contributed by atoms with Gasteiger partial charge in [0.1, 0.15) is 5.75 Å². The summed E-state index contributed by atoms with van der Waals surface area (Å²) in [5, 5.41) is 5.79. The Hall–Kier alpha value is -2.60. The zero-order valence-electron chi connectivity index (χ0n) is 23.5. The number of amides is 2. The van der Waals surface area contributed by atoms with Gasteiger partial charge in [0.2, 0.25) is 0 Å². The number of anilines is 2. The minimum Gasteiger partial charge on any atom is -0.494 e. The normalized spacial score (nSPS) is 12.9. The summed E-state index contributed by atoms with van der Waals surface area (Å²) < 4.78 is 5.88. The minimum absolute atomic E-state index is 0.252. The predicted molar refractivity (Wildman–Crippen MR) is 164 cm³/mol. The topological polar surface area (TPSA) is 53.6 Å². The van der Waals surface area contributed by atoms with Gasteiger partial charge in [0.25, 0.3) is 0 Å². The monoisotopic (exact) mass is 537 g/mol. The van der Waals surface area contributed by atoms with Crippen molar-refractivity contribution < 1.29 is 9.53 Å². The molecule has 0 aromatic heterocycles. The van der Waals surface area contributed by atoms with Crippen LogP contribution in [0.3, 0.4) is 0 Å². The van der Waals surface area contributed by atoms with Crippen molar-refractivity contribution in [3.63, 3.8) is 0 Å². The lowest BCUT2D eigenvalue weighted by Gasteiger charge is -2.15. The van der Waals surface area contributed by atoms with Gasteiger partial charge in [-0.3, -0.25) is 0 Å². The number of carbonyl (C=O) groups excluding carboxylic acids is 1. The molecule has 208 valence electrons. The Morgan fingerprint density at radius 2 is 1.32 bits per heavy atom. The largest absolute Gasteiger partial charge is 0.494 e. The molecule has 2 aromatic rings. The maximum Gasteiger partial charge on any atom is 0.323 e. The number of hydrogen-bond donors (Lipinski definition) is 2. The van der Waals surface area contributed by atoms with Crippen LogP contribution in [0.15, 0.2) is 59.6 Å². The first-order valence-corrected chi connectivity index (χ1v) is 15.6. The molecule has 1 aliphatic heterocycles. The number of thioether (sulfide) groups is 1. The predicted octanol–water partition coefficient (Wildman–Crippen LogP) is 9.78. The van der Waals surface area contributed by atoms with Gasteiger partial charge in [-0.15, -0.1) is 11.8 Å².